The summed E-state index contributed by atoms with van der Waals surface area (Å²) in [7, 11) is -3.84. The van der Waals surface area contributed by atoms with E-state index in [1.165, 1.54) is 10.4 Å². The molecule has 1 saturated heterocycles. The van der Waals surface area contributed by atoms with Gasteiger partial charge in [-0.05, 0) is 62.9 Å². The zero-order chi connectivity index (χ0) is 25.2. The number of rotatable bonds is 7. The Kier molecular flexibility index (Phi) is 7.32. The molecule has 0 radical (unpaired) electrons. The molecule has 0 spiro atoms. The Morgan fingerprint density at radius 1 is 1.26 bits per heavy atom. The number of nitrogens with one attached hydrogen (secondary N) is 2. The maximum atomic E-state index is 13.5. The van der Waals surface area contributed by atoms with Crippen molar-refractivity contribution < 1.29 is 27.5 Å². The normalized spacial score (nSPS) is 18.4. The van der Waals surface area contributed by atoms with Gasteiger partial charge in [0.05, 0.1) is 22.6 Å². The molecule has 0 bridgehead atoms. The van der Waals surface area contributed by atoms with E-state index in [1.54, 1.807) is 13.0 Å². The highest BCUT2D eigenvalue weighted by molar-refractivity contribution is 7.89. The van der Waals surface area contributed by atoms with Crippen LogP contribution in [0.3, 0.4) is 0 Å². The molecule has 2 aromatic rings. The molecule has 1 fully saturated rings. The number of anilines is 1. The second-order valence-electron chi connectivity index (χ2n) is 9.18. The number of piperidine rings is 1. The zero-order valence-corrected chi connectivity index (χ0v) is 21.0. The van der Waals surface area contributed by atoms with Crippen LogP contribution in [0.5, 0.6) is 11.5 Å². The smallest absolute Gasteiger partial charge is 0.262 e. The van der Waals surface area contributed by atoms with Crippen molar-refractivity contribution in [3.05, 3.63) is 47.5 Å². The fraction of sp³-hybridized carbons (Fsp3) is 0.440. The molecule has 0 saturated carbocycles. The molecule has 10 heteroatoms. The Balaban J connectivity index is 1.41. The summed E-state index contributed by atoms with van der Waals surface area (Å²) in [5.74, 6) is 0.215. The molecule has 1 unspecified atom stereocenters. The van der Waals surface area contributed by atoms with Crippen molar-refractivity contribution in [3.8, 4) is 11.5 Å². The second-order valence-corrected chi connectivity index (χ2v) is 11.1. The van der Waals surface area contributed by atoms with Gasteiger partial charge in [0.1, 0.15) is 11.5 Å². The van der Waals surface area contributed by atoms with Crippen molar-refractivity contribution in [3.63, 3.8) is 0 Å². The van der Waals surface area contributed by atoms with Gasteiger partial charge < -0.3 is 20.1 Å². The SMILES string of the molecule is Cc1cc2c(cc1S(=O)(=O)N1CCCC(C(=O)NCc3ccc(OC(C)C)cc3)C1)OCC(=O)N2. The van der Waals surface area contributed by atoms with Crippen molar-refractivity contribution in [2.24, 2.45) is 5.92 Å². The van der Waals surface area contributed by atoms with E-state index in [0.29, 0.717) is 42.9 Å². The number of ether oxygens (including phenoxy) is 2. The van der Waals surface area contributed by atoms with Gasteiger partial charge in [0.2, 0.25) is 15.9 Å². The van der Waals surface area contributed by atoms with E-state index in [-0.39, 0.29) is 36.0 Å². The number of sulfonamides is 1. The fourth-order valence-corrected chi connectivity index (χ4v) is 6.04. The highest BCUT2D eigenvalue weighted by Gasteiger charge is 2.35. The number of fused-ring (bicyclic) bond motifs is 1. The molecule has 2 aliphatic rings. The molecule has 2 aliphatic heterocycles. The van der Waals surface area contributed by atoms with Crippen LogP contribution in [0.4, 0.5) is 5.69 Å². The van der Waals surface area contributed by atoms with Crippen molar-refractivity contribution in [1.82, 2.24) is 9.62 Å². The van der Waals surface area contributed by atoms with Crippen LogP contribution in [-0.2, 0) is 26.2 Å². The maximum absolute atomic E-state index is 13.5. The van der Waals surface area contributed by atoms with E-state index in [1.807, 2.05) is 38.1 Å². The predicted molar refractivity (Wildman–Crippen MR) is 131 cm³/mol. The van der Waals surface area contributed by atoms with Crippen LogP contribution < -0.4 is 20.1 Å². The van der Waals surface area contributed by atoms with E-state index < -0.39 is 15.9 Å². The van der Waals surface area contributed by atoms with Gasteiger partial charge in [-0.2, -0.15) is 4.31 Å². The van der Waals surface area contributed by atoms with Crippen molar-refractivity contribution in [2.75, 3.05) is 25.0 Å². The van der Waals surface area contributed by atoms with Gasteiger partial charge in [0, 0.05) is 25.7 Å². The summed E-state index contributed by atoms with van der Waals surface area (Å²) >= 11 is 0. The van der Waals surface area contributed by atoms with E-state index in [2.05, 4.69) is 10.6 Å². The van der Waals surface area contributed by atoms with Crippen LogP contribution >= 0.6 is 0 Å². The Bertz CT molecular complexity index is 1210. The van der Waals surface area contributed by atoms with Crippen molar-refractivity contribution in [1.29, 1.82) is 0 Å². The highest BCUT2D eigenvalue weighted by Crippen LogP contribution is 2.35. The van der Waals surface area contributed by atoms with Crippen LogP contribution in [0.2, 0.25) is 0 Å². The fourth-order valence-electron chi connectivity index (χ4n) is 4.30. The lowest BCUT2D eigenvalue weighted by molar-refractivity contribution is -0.126. The number of carbonyl (C=O) groups excluding carboxylic acids is 2. The number of carbonyl (C=O) groups is 2. The van der Waals surface area contributed by atoms with Gasteiger partial charge in [-0.15, -0.1) is 0 Å². The average molecular weight is 502 g/mol. The van der Waals surface area contributed by atoms with Crippen LogP contribution in [0.15, 0.2) is 41.3 Å². The third kappa shape index (κ3) is 5.76. The Morgan fingerprint density at radius 3 is 2.71 bits per heavy atom. The monoisotopic (exact) mass is 501 g/mol. The molecule has 1 atom stereocenters. The van der Waals surface area contributed by atoms with Gasteiger partial charge in [-0.1, -0.05) is 12.1 Å². The Labute approximate surface area is 205 Å². The first-order valence-electron chi connectivity index (χ1n) is 11.7. The first kappa shape index (κ1) is 25.0. The molecule has 2 heterocycles. The number of amides is 2. The molecule has 4 rings (SSSR count). The van der Waals surface area contributed by atoms with Gasteiger partial charge in [-0.3, -0.25) is 9.59 Å². The van der Waals surface area contributed by atoms with Crippen LogP contribution in [-0.4, -0.2) is 50.3 Å². The van der Waals surface area contributed by atoms with Gasteiger partial charge >= 0.3 is 0 Å². The summed E-state index contributed by atoms with van der Waals surface area (Å²) in [6, 6.07) is 10.6. The molecule has 9 nitrogen and oxygen atoms in total. The third-order valence-electron chi connectivity index (χ3n) is 6.04. The molecule has 2 N–H and O–H groups in total. The minimum absolute atomic E-state index is 0.0876. The number of hydrogen-bond acceptors (Lipinski definition) is 6. The third-order valence-corrected chi connectivity index (χ3v) is 8.05. The van der Waals surface area contributed by atoms with Crippen LogP contribution in [0, 0.1) is 12.8 Å². The summed E-state index contributed by atoms with van der Waals surface area (Å²) in [5, 5.41) is 5.62. The van der Waals surface area contributed by atoms with Gasteiger partial charge in [0.25, 0.3) is 5.91 Å². The van der Waals surface area contributed by atoms with E-state index in [9.17, 15) is 18.0 Å². The number of hydrogen-bond donors (Lipinski definition) is 2. The first-order valence-corrected chi connectivity index (χ1v) is 13.2. The Hall–Kier alpha value is -3.11. The van der Waals surface area contributed by atoms with E-state index in [4.69, 9.17) is 9.47 Å². The molecule has 2 amide bonds. The maximum Gasteiger partial charge on any atom is 0.262 e. The van der Waals surface area contributed by atoms with E-state index >= 15 is 0 Å². The zero-order valence-electron chi connectivity index (χ0n) is 20.2. The largest absolute Gasteiger partial charge is 0.491 e. The minimum Gasteiger partial charge on any atom is -0.491 e. The second kappa shape index (κ2) is 10.2. The van der Waals surface area contributed by atoms with Crippen molar-refractivity contribution in [2.45, 2.75) is 51.2 Å². The summed E-state index contributed by atoms with van der Waals surface area (Å²) in [6.07, 6.45) is 1.30. The average Bonchev–Trinajstić information content (AvgIpc) is 2.82. The van der Waals surface area contributed by atoms with Gasteiger partial charge in [-0.25, -0.2) is 8.42 Å². The quantitative estimate of drug-likeness (QED) is 0.603. The summed E-state index contributed by atoms with van der Waals surface area (Å²) in [5.41, 5.74) is 1.90. The number of nitrogens with zero attached hydrogens (tertiary/aromatic N) is 1. The molecule has 35 heavy (non-hydrogen) atoms. The predicted octanol–water partition coefficient (Wildman–Crippen LogP) is 2.83. The number of aryl methyl sites for hydroxylation is 1. The lowest BCUT2D eigenvalue weighted by atomic mass is 9.99. The Morgan fingerprint density at radius 2 is 2.00 bits per heavy atom. The van der Waals surface area contributed by atoms with Gasteiger partial charge in [0.15, 0.2) is 6.61 Å². The van der Waals surface area contributed by atoms with E-state index in [0.717, 1.165) is 11.3 Å². The molecule has 2 aromatic carbocycles. The lowest BCUT2D eigenvalue weighted by Crippen LogP contribution is -2.45. The summed E-state index contributed by atoms with van der Waals surface area (Å²) in [6.45, 7) is 6.26. The molecule has 0 aromatic heterocycles. The number of benzene rings is 2. The molecule has 188 valence electrons. The summed E-state index contributed by atoms with van der Waals surface area (Å²) < 4.78 is 39.3. The van der Waals surface area contributed by atoms with Crippen LogP contribution in [0.25, 0.3) is 0 Å². The molecule has 0 aliphatic carbocycles. The standard InChI is InChI=1S/C25H31N3O6S/c1-16(2)34-20-8-6-18(7-9-20)13-26-25(30)19-5-4-10-28(14-19)35(31,32)23-12-22-21(11-17(23)3)27-24(29)15-33-22/h6-9,11-12,16,19H,4-5,10,13-15H2,1-3H3,(H,26,30)(H,27,29). The molecular weight excluding hydrogens is 470 g/mol. The first-order chi connectivity index (χ1) is 16.6. The topological polar surface area (TPSA) is 114 Å². The van der Waals surface area contributed by atoms with Crippen molar-refractivity contribution >= 4 is 27.5 Å². The lowest BCUT2D eigenvalue weighted by Gasteiger charge is -2.32. The molecular formula is C25H31N3O6S. The summed E-state index contributed by atoms with van der Waals surface area (Å²) in [4.78, 5) is 24.5. The minimum atomic E-state index is -3.84. The highest BCUT2D eigenvalue weighted by atomic mass is 32.2. The van der Waals surface area contributed by atoms with Crippen LogP contribution in [0.1, 0.15) is 37.8 Å².